The van der Waals surface area contributed by atoms with Crippen molar-refractivity contribution in [2.45, 2.75) is 0 Å². The molecule has 0 aliphatic carbocycles. The quantitative estimate of drug-likeness (QED) is 0.476. The van der Waals surface area contributed by atoms with Crippen LogP contribution in [0.5, 0.6) is 0 Å². The zero-order valence-electron chi connectivity index (χ0n) is 3.35. The molecule has 0 fully saturated rings. The van der Waals surface area contributed by atoms with Gasteiger partial charge in [0.2, 0.25) is 0 Å². The van der Waals surface area contributed by atoms with E-state index in [9.17, 15) is 0 Å². The molecule has 0 N–H and O–H groups in total. The standard InChI is InChI=1S/C4H5SiTe/c1-6-4-2-3-5-6/h2-4H,1H2. The van der Waals surface area contributed by atoms with Crippen LogP contribution < -0.4 is 0 Å². The van der Waals surface area contributed by atoms with Crippen LogP contribution >= 0.6 is 0 Å². The summed E-state index contributed by atoms with van der Waals surface area (Å²) in [6.45, 7) is 1.11. The third-order valence-electron chi connectivity index (χ3n) is 0.558. The Morgan fingerprint density at radius 3 is 2.67 bits per heavy atom. The van der Waals surface area contributed by atoms with E-state index in [4.69, 9.17) is 0 Å². The molecule has 0 atom stereocenters. The van der Waals surface area contributed by atoms with E-state index in [1.54, 1.807) is 0 Å². The fraction of sp³-hybridized carbons (Fsp3) is 0. The Morgan fingerprint density at radius 1 is 1.67 bits per heavy atom. The van der Waals surface area contributed by atoms with E-state index < -0.39 is 18.3 Å². The van der Waals surface area contributed by atoms with E-state index in [0.717, 1.165) is 6.68 Å². The van der Waals surface area contributed by atoms with Crippen molar-refractivity contribution in [3.63, 3.8) is 0 Å². The summed E-state index contributed by atoms with van der Waals surface area (Å²) in [4.78, 5) is 0. The predicted octanol–water partition coefficient (Wildman–Crippen LogP) is -0.393. The van der Waals surface area contributed by atoms with Crippen LogP contribution in [0.1, 0.15) is 0 Å². The fourth-order valence-corrected chi connectivity index (χ4v) is 5.29. The molecule has 0 aromatic heterocycles. The molecule has 0 nitrogen and oxygen atoms in total. The zero-order chi connectivity index (χ0) is 4.41. The predicted molar refractivity (Wildman–Crippen MR) is 33.8 cm³/mol. The van der Waals surface area contributed by atoms with Gasteiger partial charge in [-0.1, -0.05) is 0 Å². The van der Waals surface area contributed by atoms with Crippen LogP contribution in [0.3, 0.4) is 0 Å². The van der Waals surface area contributed by atoms with Crippen molar-refractivity contribution in [3.05, 3.63) is 10.2 Å². The van der Waals surface area contributed by atoms with E-state index >= 15 is 0 Å². The minimum atomic E-state index is -0.753. The molecule has 1 rings (SSSR count). The molecule has 0 aromatic carbocycles. The van der Waals surface area contributed by atoms with Gasteiger partial charge in [-0.05, 0) is 0 Å². The number of hydrogen-bond donors (Lipinski definition) is 0. The molecule has 0 amide bonds. The van der Waals surface area contributed by atoms with Crippen molar-refractivity contribution < 1.29 is 0 Å². The molecule has 0 saturated heterocycles. The third kappa shape index (κ3) is 0.973. The van der Waals surface area contributed by atoms with Crippen LogP contribution in [-0.4, -0.2) is 35.2 Å². The first-order valence-electron chi connectivity index (χ1n) is 1.68. The summed E-state index contributed by atoms with van der Waals surface area (Å²) in [5, 5.41) is 0. The van der Waals surface area contributed by atoms with Gasteiger partial charge < -0.3 is 0 Å². The molecule has 0 bridgehead atoms. The van der Waals surface area contributed by atoms with Crippen LogP contribution in [-0.2, 0) is 0 Å². The van der Waals surface area contributed by atoms with Crippen molar-refractivity contribution in [3.8, 4) is 0 Å². The van der Waals surface area contributed by atoms with Crippen LogP contribution in [0.25, 0.3) is 0 Å². The summed E-state index contributed by atoms with van der Waals surface area (Å²) in [6, 6.07) is 0. The Bertz CT molecular complexity index is 110. The Balaban J connectivity index is 2.86. The molecule has 1 aliphatic rings. The van der Waals surface area contributed by atoms with Crippen molar-refractivity contribution in [2.24, 2.45) is 0 Å². The molecule has 6 heavy (non-hydrogen) atoms. The van der Waals surface area contributed by atoms with Gasteiger partial charge in [-0.3, -0.25) is 0 Å². The maximum absolute atomic E-state index is 4.00. The molecule has 31 valence electrons. The van der Waals surface area contributed by atoms with Crippen LogP contribution in [0.2, 0.25) is 0 Å². The second kappa shape index (κ2) is 1.97. The Hall–Kier alpha value is 0.486. The van der Waals surface area contributed by atoms with Crippen LogP contribution in [0.15, 0.2) is 10.2 Å². The Kier molecular flexibility index (Phi) is 1.52. The van der Waals surface area contributed by atoms with Crippen molar-refractivity contribution in [1.29, 1.82) is 0 Å². The van der Waals surface area contributed by atoms with Gasteiger partial charge in [-0.25, -0.2) is 0 Å². The van der Waals surface area contributed by atoms with Gasteiger partial charge in [0.25, 0.3) is 0 Å². The summed E-state index contributed by atoms with van der Waals surface area (Å²) < 4.78 is 6.30. The average molecular weight is 209 g/mol. The SMILES string of the molecule is C=[Te]1C=CC=[Si]1. The minimum absolute atomic E-state index is 0.753. The van der Waals surface area contributed by atoms with E-state index in [1.807, 2.05) is 0 Å². The van der Waals surface area contributed by atoms with Gasteiger partial charge in [0.05, 0.1) is 0 Å². The second-order valence-corrected chi connectivity index (χ2v) is 10.4. The summed E-state index contributed by atoms with van der Waals surface area (Å²) in [6.07, 6.45) is 2.16. The van der Waals surface area contributed by atoms with Gasteiger partial charge in [-0.2, -0.15) is 0 Å². The first kappa shape index (κ1) is 4.64. The van der Waals surface area contributed by atoms with E-state index in [1.165, 1.54) is 0 Å². The zero-order valence-corrected chi connectivity index (χ0v) is 6.68. The van der Waals surface area contributed by atoms with Crippen molar-refractivity contribution >= 4 is 35.2 Å². The summed E-state index contributed by atoms with van der Waals surface area (Å²) in [7, 11) is 0. The normalized spacial score (nSPS) is 20.0. The third-order valence-corrected chi connectivity index (χ3v) is 7.25. The maximum atomic E-state index is 4.00. The number of rotatable bonds is 0. The molecule has 2 heteroatoms. The first-order valence-corrected chi connectivity index (χ1v) is 9.16. The van der Waals surface area contributed by atoms with Gasteiger partial charge in [0, 0.05) is 0 Å². The van der Waals surface area contributed by atoms with Gasteiger partial charge in [0.1, 0.15) is 0 Å². The van der Waals surface area contributed by atoms with E-state index in [0.29, 0.717) is 0 Å². The Morgan fingerprint density at radius 2 is 2.50 bits per heavy atom. The average Bonchev–Trinajstić information content (AvgIpc) is 1.86. The Labute approximate surface area is 45.5 Å². The van der Waals surface area contributed by atoms with E-state index in [2.05, 4.69) is 20.4 Å². The van der Waals surface area contributed by atoms with Crippen LogP contribution in [0.4, 0.5) is 0 Å². The molecule has 0 saturated carbocycles. The van der Waals surface area contributed by atoms with Crippen molar-refractivity contribution in [1.82, 2.24) is 0 Å². The molecule has 0 aromatic rings. The molecular weight excluding hydrogens is 204 g/mol. The van der Waals surface area contributed by atoms with Gasteiger partial charge >= 0.3 is 45.4 Å². The molecule has 0 unspecified atom stereocenters. The monoisotopic (exact) mass is 211 g/mol. The summed E-state index contributed by atoms with van der Waals surface area (Å²) >= 11 is -0.753. The second-order valence-electron chi connectivity index (χ2n) is 1.04. The number of allylic oxidation sites excluding steroid dienone is 1. The molecule has 1 heterocycles. The molecule has 1 radical (unpaired) electrons. The summed E-state index contributed by atoms with van der Waals surface area (Å²) in [5.74, 6) is 0. The van der Waals surface area contributed by atoms with Gasteiger partial charge in [-0.15, -0.1) is 0 Å². The van der Waals surface area contributed by atoms with Gasteiger partial charge in [0.15, 0.2) is 0 Å². The van der Waals surface area contributed by atoms with E-state index in [-0.39, 0.29) is 0 Å². The van der Waals surface area contributed by atoms with Crippen molar-refractivity contribution in [2.75, 3.05) is 0 Å². The van der Waals surface area contributed by atoms with Crippen LogP contribution in [0, 0.1) is 0 Å². The molecular formula is C4H5SiTe. The number of hydrogen-bond acceptors (Lipinski definition) is 0. The molecule has 1 aliphatic heterocycles. The molecule has 0 spiro atoms. The fourth-order valence-electron chi connectivity index (χ4n) is 0.300. The first-order chi connectivity index (χ1) is 2.89. The topological polar surface area (TPSA) is 0 Å². The summed E-state index contributed by atoms with van der Waals surface area (Å²) in [5.41, 5.74) is 2.24.